The summed E-state index contributed by atoms with van der Waals surface area (Å²) in [5, 5.41) is 0.491. The number of carbonyl (C=O) groups excluding carboxylic acids is 1. The molecule has 0 aliphatic carbocycles. The summed E-state index contributed by atoms with van der Waals surface area (Å²) in [6, 6.07) is 22.5. The Hall–Kier alpha value is -3.93. The van der Waals surface area contributed by atoms with Crippen LogP contribution in [0, 0.1) is 6.92 Å². The highest BCUT2D eigenvalue weighted by molar-refractivity contribution is 5.79. The van der Waals surface area contributed by atoms with Crippen LogP contribution in [0.15, 0.2) is 82.4 Å². The van der Waals surface area contributed by atoms with Crippen LogP contribution in [-0.2, 0) is 17.8 Å². The van der Waals surface area contributed by atoms with Gasteiger partial charge in [0.25, 0.3) is 5.56 Å². The molecule has 0 spiro atoms. The van der Waals surface area contributed by atoms with E-state index in [1.807, 2.05) is 66.4 Å². The average molecular weight is 482 g/mol. The van der Waals surface area contributed by atoms with E-state index in [1.54, 1.807) is 22.8 Å². The molecule has 1 aromatic heterocycles. The molecule has 1 amide bonds. The molecule has 0 radical (unpaired) electrons. The minimum atomic E-state index is -0.381. The van der Waals surface area contributed by atoms with Gasteiger partial charge < -0.3 is 4.90 Å². The van der Waals surface area contributed by atoms with Crippen molar-refractivity contribution in [3.8, 4) is 5.69 Å². The van der Waals surface area contributed by atoms with Crippen LogP contribution in [0.1, 0.15) is 42.4 Å². The highest BCUT2D eigenvalue weighted by Gasteiger charge is 2.17. The molecule has 0 bridgehead atoms. The number of hydrogen-bond donors (Lipinski definition) is 0. The van der Waals surface area contributed by atoms with Crippen LogP contribution < -0.4 is 11.2 Å². The minimum absolute atomic E-state index is 0.132. The quantitative estimate of drug-likeness (QED) is 0.423. The summed E-state index contributed by atoms with van der Waals surface area (Å²) in [4.78, 5) is 41.8. The number of para-hydroxylation sites is 1. The lowest BCUT2D eigenvalue weighted by Gasteiger charge is -2.20. The maximum Gasteiger partial charge on any atom is 0.336 e. The Bertz CT molecular complexity index is 1510. The van der Waals surface area contributed by atoms with E-state index in [-0.39, 0.29) is 17.2 Å². The Balaban J connectivity index is 1.50. The molecule has 184 valence electrons. The molecule has 6 heteroatoms. The summed E-state index contributed by atoms with van der Waals surface area (Å²) in [6.07, 6.45) is 4.81. The van der Waals surface area contributed by atoms with E-state index in [1.165, 1.54) is 17.4 Å². The molecule has 0 saturated carbocycles. The van der Waals surface area contributed by atoms with Crippen LogP contribution >= 0.6 is 0 Å². The van der Waals surface area contributed by atoms with Gasteiger partial charge in [-0.1, -0.05) is 66.9 Å². The van der Waals surface area contributed by atoms with Crippen LogP contribution in [0.25, 0.3) is 16.6 Å². The maximum absolute atomic E-state index is 13.7. The number of fused-ring (bicyclic) bond motifs is 1. The standard InChI is InChI=1S/C30H31N3O3/c1-22-9-8-10-24(19-22)21-32-27-12-5-4-11-26(27)29(35)33(30(32)36)25-15-13-23(14-16-25)20-28(34)31-17-6-2-3-7-18-31/h4-5,8-16,19H,2-3,6-7,17-18,20-21H2,1H3. The van der Waals surface area contributed by atoms with Gasteiger partial charge in [0.15, 0.2) is 0 Å². The molecule has 5 rings (SSSR count). The van der Waals surface area contributed by atoms with Gasteiger partial charge in [0.1, 0.15) is 0 Å². The van der Waals surface area contributed by atoms with Crippen molar-refractivity contribution in [2.24, 2.45) is 0 Å². The van der Waals surface area contributed by atoms with E-state index in [0.717, 1.165) is 42.6 Å². The number of aromatic nitrogens is 2. The second-order valence-electron chi connectivity index (χ2n) is 9.65. The lowest BCUT2D eigenvalue weighted by Crippen LogP contribution is -2.39. The zero-order chi connectivity index (χ0) is 25.1. The molecule has 6 nitrogen and oxygen atoms in total. The van der Waals surface area contributed by atoms with Crippen LogP contribution in [-0.4, -0.2) is 33.0 Å². The number of rotatable bonds is 5. The fourth-order valence-electron chi connectivity index (χ4n) is 5.06. The van der Waals surface area contributed by atoms with Gasteiger partial charge in [0, 0.05) is 13.1 Å². The number of aryl methyl sites for hydroxylation is 1. The molecular weight excluding hydrogens is 450 g/mol. The predicted molar refractivity (Wildman–Crippen MR) is 143 cm³/mol. The summed E-state index contributed by atoms with van der Waals surface area (Å²) in [6.45, 7) is 4.03. The van der Waals surface area contributed by atoms with Gasteiger partial charge in [-0.15, -0.1) is 0 Å². The Morgan fingerprint density at radius 3 is 2.25 bits per heavy atom. The molecule has 2 heterocycles. The lowest BCUT2D eigenvalue weighted by atomic mass is 10.1. The number of hydrogen-bond acceptors (Lipinski definition) is 3. The summed E-state index contributed by atoms with van der Waals surface area (Å²) in [7, 11) is 0. The van der Waals surface area contributed by atoms with Gasteiger partial charge in [-0.2, -0.15) is 0 Å². The molecule has 36 heavy (non-hydrogen) atoms. The van der Waals surface area contributed by atoms with Crippen LogP contribution in [0.5, 0.6) is 0 Å². The highest BCUT2D eigenvalue weighted by Crippen LogP contribution is 2.15. The summed E-state index contributed by atoms with van der Waals surface area (Å²) < 4.78 is 2.89. The molecule has 1 aliphatic rings. The van der Waals surface area contributed by atoms with Crippen molar-refractivity contribution in [1.29, 1.82) is 0 Å². The number of likely N-dealkylation sites (tertiary alicyclic amines) is 1. The van der Waals surface area contributed by atoms with Crippen molar-refractivity contribution in [3.05, 3.63) is 110 Å². The van der Waals surface area contributed by atoms with E-state index in [0.29, 0.717) is 29.6 Å². The van der Waals surface area contributed by atoms with E-state index >= 15 is 0 Å². The number of benzene rings is 3. The smallest absolute Gasteiger partial charge is 0.336 e. The van der Waals surface area contributed by atoms with Gasteiger partial charge in [-0.05, 0) is 55.2 Å². The Morgan fingerprint density at radius 1 is 0.806 bits per heavy atom. The van der Waals surface area contributed by atoms with E-state index < -0.39 is 0 Å². The summed E-state index contributed by atoms with van der Waals surface area (Å²) in [5.74, 6) is 0.132. The molecule has 0 unspecified atom stereocenters. The van der Waals surface area contributed by atoms with Crippen molar-refractivity contribution < 1.29 is 4.79 Å². The third-order valence-corrected chi connectivity index (χ3v) is 6.98. The number of carbonyl (C=O) groups is 1. The molecule has 0 atom stereocenters. The lowest BCUT2D eigenvalue weighted by molar-refractivity contribution is -0.130. The molecular formula is C30H31N3O3. The number of nitrogens with zero attached hydrogens (tertiary/aromatic N) is 3. The SMILES string of the molecule is Cc1cccc(Cn2c(=O)n(-c3ccc(CC(=O)N4CCCCCC4)cc3)c(=O)c3ccccc32)c1. The van der Waals surface area contributed by atoms with E-state index in [9.17, 15) is 14.4 Å². The Kier molecular flexibility index (Phi) is 6.85. The second-order valence-corrected chi connectivity index (χ2v) is 9.65. The maximum atomic E-state index is 13.7. The Morgan fingerprint density at radius 2 is 1.53 bits per heavy atom. The summed E-state index contributed by atoms with van der Waals surface area (Å²) in [5.41, 5.74) is 3.38. The van der Waals surface area contributed by atoms with Crippen molar-refractivity contribution >= 4 is 16.8 Å². The van der Waals surface area contributed by atoms with Crippen molar-refractivity contribution in [2.45, 2.75) is 45.6 Å². The van der Waals surface area contributed by atoms with Crippen LogP contribution in [0.3, 0.4) is 0 Å². The minimum Gasteiger partial charge on any atom is -0.342 e. The van der Waals surface area contributed by atoms with Crippen LogP contribution in [0.2, 0.25) is 0 Å². The third kappa shape index (κ3) is 4.89. The summed E-state index contributed by atoms with van der Waals surface area (Å²) >= 11 is 0. The molecule has 3 aromatic carbocycles. The molecule has 1 aliphatic heterocycles. The van der Waals surface area contributed by atoms with Gasteiger partial charge >= 0.3 is 5.69 Å². The normalized spacial score (nSPS) is 14.1. The van der Waals surface area contributed by atoms with Crippen molar-refractivity contribution in [1.82, 2.24) is 14.0 Å². The fraction of sp³-hybridized carbons (Fsp3) is 0.300. The molecule has 1 saturated heterocycles. The van der Waals surface area contributed by atoms with Gasteiger partial charge in [-0.25, -0.2) is 9.36 Å². The monoisotopic (exact) mass is 481 g/mol. The van der Waals surface area contributed by atoms with Crippen molar-refractivity contribution in [2.75, 3.05) is 13.1 Å². The van der Waals surface area contributed by atoms with Crippen molar-refractivity contribution in [3.63, 3.8) is 0 Å². The first-order valence-electron chi connectivity index (χ1n) is 12.7. The molecule has 1 fully saturated rings. The first-order valence-corrected chi connectivity index (χ1v) is 12.7. The zero-order valence-electron chi connectivity index (χ0n) is 20.7. The highest BCUT2D eigenvalue weighted by atomic mass is 16.2. The first kappa shape index (κ1) is 23.8. The van der Waals surface area contributed by atoms with Crippen LogP contribution in [0.4, 0.5) is 0 Å². The van der Waals surface area contributed by atoms with Gasteiger partial charge in [0.2, 0.25) is 5.91 Å². The predicted octanol–water partition coefficient (Wildman–Crippen LogP) is 4.45. The molecule has 0 N–H and O–H groups in total. The first-order chi connectivity index (χ1) is 17.5. The molecule has 4 aromatic rings. The fourth-order valence-corrected chi connectivity index (χ4v) is 5.06. The topological polar surface area (TPSA) is 64.3 Å². The average Bonchev–Trinajstić information content (AvgIpc) is 3.18. The largest absolute Gasteiger partial charge is 0.342 e. The van der Waals surface area contributed by atoms with E-state index in [2.05, 4.69) is 0 Å². The Labute approximate surface area is 210 Å². The third-order valence-electron chi connectivity index (χ3n) is 6.98. The number of amides is 1. The second kappa shape index (κ2) is 10.4. The van der Waals surface area contributed by atoms with Gasteiger partial charge in [-0.3, -0.25) is 14.2 Å². The zero-order valence-corrected chi connectivity index (χ0v) is 20.7. The van der Waals surface area contributed by atoms with Gasteiger partial charge in [0.05, 0.1) is 29.6 Å². The van der Waals surface area contributed by atoms with E-state index in [4.69, 9.17) is 0 Å².